The van der Waals surface area contributed by atoms with E-state index < -0.39 is 0 Å². The van der Waals surface area contributed by atoms with E-state index in [1.807, 2.05) is 16.7 Å². The highest BCUT2D eigenvalue weighted by atomic mass is 35.5. The fourth-order valence-corrected chi connectivity index (χ4v) is 3.21. The van der Waals surface area contributed by atoms with Crippen molar-refractivity contribution in [3.05, 3.63) is 28.8 Å². The van der Waals surface area contributed by atoms with Gasteiger partial charge in [-0.1, -0.05) is 18.5 Å². The number of amides is 1. The summed E-state index contributed by atoms with van der Waals surface area (Å²) in [7, 11) is 0. The van der Waals surface area contributed by atoms with E-state index >= 15 is 0 Å². The van der Waals surface area contributed by atoms with Gasteiger partial charge < -0.3 is 10.0 Å². The van der Waals surface area contributed by atoms with Gasteiger partial charge in [0.25, 0.3) is 5.91 Å². The maximum Gasteiger partial charge on any atom is 0.257 e. The molecule has 1 fully saturated rings. The molecule has 1 aromatic rings. The van der Waals surface area contributed by atoms with Gasteiger partial charge in [-0.25, -0.2) is 0 Å². The molecular formula is C13H16ClNO2S. The largest absolute Gasteiger partial charge is 0.507 e. The highest BCUT2D eigenvalue weighted by Gasteiger charge is 2.22. The van der Waals surface area contributed by atoms with Crippen LogP contribution in [0, 0.1) is 5.92 Å². The summed E-state index contributed by atoms with van der Waals surface area (Å²) >= 11 is 7.64. The van der Waals surface area contributed by atoms with Crippen LogP contribution in [-0.2, 0) is 0 Å². The molecule has 0 bridgehead atoms. The Morgan fingerprint density at radius 3 is 3.06 bits per heavy atom. The van der Waals surface area contributed by atoms with E-state index in [0.717, 1.165) is 24.6 Å². The van der Waals surface area contributed by atoms with E-state index in [2.05, 4.69) is 6.92 Å². The van der Waals surface area contributed by atoms with Crippen LogP contribution in [0.15, 0.2) is 18.2 Å². The minimum absolute atomic E-state index is 0.0444. The molecule has 1 N–H and O–H groups in total. The Morgan fingerprint density at radius 2 is 2.33 bits per heavy atom. The van der Waals surface area contributed by atoms with Crippen LogP contribution in [0.25, 0.3) is 0 Å². The highest BCUT2D eigenvalue weighted by Crippen LogP contribution is 2.25. The Morgan fingerprint density at radius 1 is 1.56 bits per heavy atom. The van der Waals surface area contributed by atoms with Gasteiger partial charge in [0.2, 0.25) is 0 Å². The number of thioether (sulfide) groups is 1. The third-order valence-corrected chi connectivity index (χ3v) is 4.43. The molecule has 0 aromatic heterocycles. The molecule has 1 saturated heterocycles. The van der Waals surface area contributed by atoms with Crippen molar-refractivity contribution < 1.29 is 9.90 Å². The Balaban J connectivity index is 2.19. The molecule has 5 heteroatoms. The second-order valence-electron chi connectivity index (χ2n) is 4.59. The summed E-state index contributed by atoms with van der Waals surface area (Å²) in [5.41, 5.74) is 0.332. The number of carbonyl (C=O) groups excluding carboxylic acids is 1. The fourth-order valence-electron chi connectivity index (χ4n) is 2.02. The zero-order valence-corrected chi connectivity index (χ0v) is 11.8. The standard InChI is InChI=1S/C13H16ClNO2S/c1-9-7-15(4-5-18-8-9)13(17)11-3-2-10(14)6-12(11)16/h2-3,6,9,16H,4-5,7-8H2,1H3/t9-/m1/s1. The lowest BCUT2D eigenvalue weighted by Gasteiger charge is -2.22. The SMILES string of the molecule is C[C@H]1CSCCN(C(=O)c2ccc(Cl)cc2O)C1. The lowest BCUT2D eigenvalue weighted by molar-refractivity contribution is 0.0748. The first kappa shape index (κ1) is 13.6. The molecule has 18 heavy (non-hydrogen) atoms. The number of hydrogen-bond acceptors (Lipinski definition) is 3. The van der Waals surface area contributed by atoms with Crippen LogP contribution in [-0.4, -0.2) is 40.5 Å². The number of benzene rings is 1. The molecule has 0 radical (unpaired) electrons. The third-order valence-electron chi connectivity index (χ3n) is 2.92. The third kappa shape index (κ3) is 3.12. The maximum absolute atomic E-state index is 12.3. The number of phenols is 1. The molecule has 1 amide bonds. The van der Waals surface area contributed by atoms with Gasteiger partial charge in [-0.3, -0.25) is 4.79 Å². The average molecular weight is 286 g/mol. The number of phenolic OH excluding ortho intramolecular Hbond substituents is 1. The van der Waals surface area contributed by atoms with Gasteiger partial charge in [0.1, 0.15) is 5.75 Å². The molecule has 1 heterocycles. The van der Waals surface area contributed by atoms with Gasteiger partial charge >= 0.3 is 0 Å². The number of nitrogens with zero attached hydrogens (tertiary/aromatic N) is 1. The monoisotopic (exact) mass is 285 g/mol. The second-order valence-corrected chi connectivity index (χ2v) is 6.18. The molecule has 0 saturated carbocycles. The van der Waals surface area contributed by atoms with E-state index in [4.69, 9.17) is 11.6 Å². The van der Waals surface area contributed by atoms with E-state index in [1.54, 1.807) is 12.1 Å². The molecule has 1 aromatic carbocycles. The second kappa shape index (κ2) is 5.85. The summed E-state index contributed by atoms with van der Waals surface area (Å²) in [5, 5.41) is 10.2. The topological polar surface area (TPSA) is 40.5 Å². The maximum atomic E-state index is 12.3. The van der Waals surface area contributed by atoms with Gasteiger partial charge in [-0.05, 0) is 29.9 Å². The van der Waals surface area contributed by atoms with Crippen LogP contribution in [0.1, 0.15) is 17.3 Å². The minimum atomic E-state index is -0.112. The van der Waals surface area contributed by atoms with Gasteiger partial charge in [0, 0.05) is 23.9 Å². The summed E-state index contributed by atoms with van der Waals surface area (Å²) in [6.07, 6.45) is 0. The average Bonchev–Trinajstić information content (AvgIpc) is 2.53. The summed E-state index contributed by atoms with van der Waals surface area (Å²) in [4.78, 5) is 14.2. The van der Waals surface area contributed by atoms with Crippen LogP contribution in [0.3, 0.4) is 0 Å². The summed E-state index contributed by atoms with van der Waals surface area (Å²) in [5.74, 6) is 2.35. The van der Waals surface area contributed by atoms with Crippen molar-refractivity contribution in [1.82, 2.24) is 4.90 Å². The molecule has 1 aliphatic rings. The number of rotatable bonds is 1. The van der Waals surface area contributed by atoms with E-state index in [1.165, 1.54) is 6.07 Å². The van der Waals surface area contributed by atoms with Crippen LogP contribution < -0.4 is 0 Å². The molecule has 1 aliphatic heterocycles. The molecule has 2 rings (SSSR count). The van der Waals surface area contributed by atoms with Gasteiger partial charge in [-0.15, -0.1) is 0 Å². The van der Waals surface area contributed by atoms with Crippen molar-refractivity contribution in [1.29, 1.82) is 0 Å². The molecular weight excluding hydrogens is 270 g/mol. The first-order chi connectivity index (χ1) is 8.58. The minimum Gasteiger partial charge on any atom is -0.507 e. The normalized spacial score (nSPS) is 20.6. The molecule has 0 aliphatic carbocycles. The van der Waals surface area contributed by atoms with Crippen molar-refractivity contribution in [2.45, 2.75) is 6.92 Å². The number of aromatic hydroxyl groups is 1. The number of halogens is 1. The van der Waals surface area contributed by atoms with Crippen LogP contribution in [0.2, 0.25) is 5.02 Å². The van der Waals surface area contributed by atoms with Crippen LogP contribution in [0.5, 0.6) is 5.75 Å². The van der Waals surface area contributed by atoms with Gasteiger partial charge in [0.15, 0.2) is 0 Å². The Kier molecular flexibility index (Phi) is 4.40. The molecule has 0 spiro atoms. The van der Waals surface area contributed by atoms with E-state index in [0.29, 0.717) is 16.5 Å². The number of carbonyl (C=O) groups is 1. The zero-order valence-electron chi connectivity index (χ0n) is 10.2. The Hall–Kier alpha value is -0.870. The van der Waals surface area contributed by atoms with Crippen molar-refractivity contribution in [3.63, 3.8) is 0 Å². The summed E-state index contributed by atoms with van der Waals surface area (Å²) in [6.45, 7) is 3.62. The van der Waals surface area contributed by atoms with Crippen LogP contribution in [0.4, 0.5) is 0 Å². The smallest absolute Gasteiger partial charge is 0.257 e. The quantitative estimate of drug-likeness (QED) is 0.862. The Labute approximate surface area is 116 Å². The lowest BCUT2D eigenvalue weighted by atomic mass is 10.1. The molecule has 3 nitrogen and oxygen atoms in total. The number of hydrogen-bond donors (Lipinski definition) is 1. The molecule has 98 valence electrons. The predicted molar refractivity (Wildman–Crippen MR) is 75.5 cm³/mol. The van der Waals surface area contributed by atoms with E-state index in [-0.39, 0.29) is 11.7 Å². The fraction of sp³-hybridized carbons (Fsp3) is 0.462. The summed E-state index contributed by atoms with van der Waals surface area (Å²) in [6, 6.07) is 4.62. The van der Waals surface area contributed by atoms with Gasteiger partial charge in [-0.2, -0.15) is 11.8 Å². The van der Waals surface area contributed by atoms with Crippen molar-refractivity contribution in [3.8, 4) is 5.75 Å². The molecule has 0 unspecified atom stereocenters. The van der Waals surface area contributed by atoms with Crippen molar-refractivity contribution >= 4 is 29.3 Å². The van der Waals surface area contributed by atoms with Gasteiger partial charge in [0.05, 0.1) is 5.56 Å². The van der Waals surface area contributed by atoms with Crippen molar-refractivity contribution in [2.75, 3.05) is 24.6 Å². The lowest BCUT2D eigenvalue weighted by Crippen LogP contribution is -2.35. The summed E-state index contributed by atoms with van der Waals surface area (Å²) < 4.78 is 0. The van der Waals surface area contributed by atoms with E-state index in [9.17, 15) is 9.90 Å². The predicted octanol–water partition coefficient (Wildman–Crippen LogP) is 2.87. The first-order valence-electron chi connectivity index (χ1n) is 5.93. The highest BCUT2D eigenvalue weighted by molar-refractivity contribution is 7.99. The zero-order chi connectivity index (χ0) is 13.1. The first-order valence-corrected chi connectivity index (χ1v) is 7.46. The van der Waals surface area contributed by atoms with Crippen molar-refractivity contribution in [2.24, 2.45) is 5.92 Å². The Bertz CT molecular complexity index is 453. The van der Waals surface area contributed by atoms with Crippen LogP contribution >= 0.6 is 23.4 Å². The molecule has 1 atom stereocenters.